The summed E-state index contributed by atoms with van der Waals surface area (Å²) < 4.78 is 7.38. The fourth-order valence-electron chi connectivity index (χ4n) is 2.51. The van der Waals surface area contributed by atoms with Crippen LogP contribution in [0.25, 0.3) is 0 Å². The number of hydrogen-bond acceptors (Lipinski definition) is 4. The van der Waals surface area contributed by atoms with E-state index in [0.29, 0.717) is 12.3 Å². The van der Waals surface area contributed by atoms with Gasteiger partial charge in [0.05, 0.1) is 25.2 Å². The number of nitrogens with zero attached hydrogens (tertiary/aromatic N) is 2. The maximum atomic E-state index is 12.4. The van der Waals surface area contributed by atoms with Gasteiger partial charge < -0.3 is 9.30 Å². The van der Waals surface area contributed by atoms with Crippen molar-refractivity contribution in [3.8, 4) is 0 Å². The summed E-state index contributed by atoms with van der Waals surface area (Å²) in [6.07, 6.45) is 3.27. The number of hydrogen-bond donors (Lipinski definition) is 0. The SMILES string of the molecule is CC(c1ccccc1)n1cncc1C(=O)OCC1(C)CSC1. The van der Waals surface area contributed by atoms with Gasteiger partial charge in [0.15, 0.2) is 0 Å². The first-order chi connectivity index (χ1) is 10.6. The Bertz CT molecular complexity index is 650. The fourth-order valence-corrected chi connectivity index (χ4v) is 3.58. The van der Waals surface area contributed by atoms with Gasteiger partial charge in [-0.3, -0.25) is 0 Å². The summed E-state index contributed by atoms with van der Waals surface area (Å²) in [7, 11) is 0. The predicted molar refractivity (Wildman–Crippen MR) is 88.2 cm³/mol. The Hall–Kier alpha value is -1.75. The van der Waals surface area contributed by atoms with Crippen LogP contribution in [0, 0.1) is 5.41 Å². The molecule has 1 unspecified atom stereocenters. The van der Waals surface area contributed by atoms with Gasteiger partial charge in [0.25, 0.3) is 0 Å². The minimum Gasteiger partial charge on any atom is -0.460 e. The van der Waals surface area contributed by atoms with E-state index in [-0.39, 0.29) is 17.4 Å². The van der Waals surface area contributed by atoms with Crippen LogP contribution in [0.3, 0.4) is 0 Å². The number of esters is 1. The molecule has 1 fully saturated rings. The number of thioether (sulfide) groups is 1. The third kappa shape index (κ3) is 3.04. The molecule has 116 valence electrons. The molecule has 2 aromatic rings. The number of ether oxygens (including phenoxy) is 1. The molecule has 0 bridgehead atoms. The van der Waals surface area contributed by atoms with Crippen molar-refractivity contribution in [2.45, 2.75) is 19.9 Å². The molecule has 22 heavy (non-hydrogen) atoms. The molecule has 1 aromatic heterocycles. The van der Waals surface area contributed by atoms with E-state index in [0.717, 1.165) is 17.1 Å². The molecule has 5 heteroatoms. The van der Waals surface area contributed by atoms with E-state index in [4.69, 9.17) is 4.74 Å². The van der Waals surface area contributed by atoms with Crippen molar-refractivity contribution in [3.63, 3.8) is 0 Å². The third-order valence-electron chi connectivity index (χ3n) is 4.03. The summed E-state index contributed by atoms with van der Waals surface area (Å²) in [5, 5.41) is 0. The zero-order valence-electron chi connectivity index (χ0n) is 12.9. The van der Waals surface area contributed by atoms with E-state index in [1.165, 1.54) is 0 Å². The molecule has 1 aliphatic rings. The molecule has 0 saturated carbocycles. The highest BCUT2D eigenvalue weighted by Gasteiger charge is 2.34. The summed E-state index contributed by atoms with van der Waals surface area (Å²) in [5.74, 6) is 1.82. The monoisotopic (exact) mass is 316 g/mol. The Morgan fingerprint density at radius 3 is 2.77 bits per heavy atom. The van der Waals surface area contributed by atoms with Gasteiger partial charge in [-0.05, 0) is 12.5 Å². The Labute approximate surface area is 134 Å². The van der Waals surface area contributed by atoms with Crippen LogP contribution < -0.4 is 0 Å². The van der Waals surface area contributed by atoms with Crippen LogP contribution in [0.4, 0.5) is 0 Å². The van der Waals surface area contributed by atoms with Gasteiger partial charge in [0.1, 0.15) is 5.69 Å². The number of carbonyl (C=O) groups is 1. The number of rotatable bonds is 5. The van der Waals surface area contributed by atoms with Crippen molar-refractivity contribution in [2.24, 2.45) is 5.41 Å². The molecular weight excluding hydrogens is 296 g/mol. The molecule has 1 atom stereocenters. The summed E-state index contributed by atoms with van der Waals surface area (Å²) in [5.41, 5.74) is 1.78. The van der Waals surface area contributed by atoms with Crippen LogP contribution in [-0.4, -0.2) is 33.6 Å². The molecule has 1 saturated heterocycles. The normalized spacial score (nSPS) is 17.5. The minimum absolute atomic E-state index is 0.0427. The van der Waals surface area contributed by atoms with Gasteiger partial charge in [0, 0.05) is 16.9 Å². The second-order valence-electron chi connectivity index (χ2n) is 6.15. The van der Waals surface area contributed by atoms with E-state index in [2.05, 4.69) is 18.8 Å². The standard InChI is InChI=1S/C17H20N2O2S/c1-13(14-6-4-3-5-7-14)19-12-18-8-15(19)16(20)21-9-17(2)10-22-11-17/h3-8,12-13H,9-11H2,1-2H3. The Morgan fingerprint density at radius 1 is 1.41 bits per heavy atom. The molecule has 4 nitrogen and oxygen atoms in total. The lowest BCUT2D eigenvalue weighted by molar-refractivity contribution is 0.0352. The first-order valence-corrected chi connectivity index (χ1v) is 8.56. The van der Waals surface area contributed by atoms with E-state index >= 15 is 0 Å². The maximum absolute atomic E-state index is 12.4. The highest BCUT2D eigenvalue weighted by molar-refractivity contribution is 8.00. The molecule has 0 amide bonds. The zero-order chi connectivity index (χ0) is 15.6. The first kappa shape index (κ1) is 15.2. The zero-order valence-corrected chi connectivity index (χ0v) is 13.7. The lowest BCUT2D eigenvalue weighted by atomic mass is 9.96. The molecule has 3 rings (SSSR count). The molecular formula is C17H20N2O2S. The Balaban J connectivity index is 1.72. The predicted octanol–water partition coefficient (Wildman–Crippen LogP) is 3.40. The maximum Gasteiger partial charge on any atom is 0.356 e. The van der Waals surface area contributed by atoms with Crippen molar-refractivity contribution in [3.05, 3.63) is 54.1 Å². The van der Waals surface area contributed by atoms with E-state index in [1.54, 1.807) is 12.5 Å². The summed E-state index contributed by atoms with van der Waals surface area (Å²) in [6.45, 7) is 4.68. The van der Waals surface area contributed by atoms with Crippen molar-refractivity contribution in [1.82, 2.24) is 9.55 Å². The molecule has 0 spiro atoms. The van der Waals surface area contributed by atoms with Gasteiger partial charge in [-0.1, -0.05) is 37.3 Å². The van der Waals surface area contributed by atoms with Gasteiger partial charge in [-0.2, -0.15) is 11.8 Å². The highest BCUT2D eigenvalue weighted by atomic mass is 32.2. The average Bonchev–Trinajstić information content (AvgIpc) is 3.00. The van der Waals surface area contributed by atoms with Crippen LogP contribution in [0.5, 0.6) is 0 Å². The molecule has 0 aliphatic carbocycles. The highest BCUT2D eigenvalue weighted by Crippen LogP contribution is 2.37. The lowest BCUT2D eigenvalue weighted by Crippen LogP contribution is -2.37. The van der Waals surface area contributed by atoms with Gasteiger partial charge in [0.2, 0.25) is 0 Å². The number of benzene rings is 1. The summed E-state index contributed by atoms with van der Waals surface area (Å²) in [4.78, 5) is 16.5. The third-order valence-corrected chi connectivity index (χ3v) is 5.83. The van der Waals surface area contributed by atoms with E-state index in [9.17, 15) is 4.79 Å². The Kier molecular flexibility index (Phi) is 4.25. The molecule has 2 heterocycles. The van der Waals surface area contributed by atoms with Crippen LogP contribution in [0.1, 0.15) is 35.9 Å². The molecule has 0 N–H and O–H groups in total. The van der Waals surface area contributed by atoms with Crippen molar-refractivity contribution < 1.29 is 9.53 Å². The van der Waals surface area contributed by atoms with Crippen LogP contribution >= 0.6 is 11.8 Å². The second-order valence-corrected chi connectivity index (χ2v) is 7.14. The largest absolute Gasteiger partial charge is 0.460 e. The van der Waals surface area contributed by atoms with Crippen LogP contribution in [-0.2, 0) is 4.74 Å². The number of aromatic nitrogens is 2. The smallest absolute Gasteiger partial charge is 0.356 e. The average molecular weight is 316 g/mol. The number of carbonyl (C=O) groups excluding carboxylic acids is 1. The van der Waals surface area contributed by atoms with Gasteiger partial charge in [-0.15, -0.1) is 0 Å². The van der Waals surface area contributed by atoms with E-state index < -0.39 is 0 Å². The molecule has 1 aromatic carbocycles. The molecule has 0 radical (unpaired) electrons. The second kappa shape index (κ2) is 6.16. The topological polar surface area (TPSA) is 44.1 Å². The molecule has 1 aliphatic heterocycles. The fraction of sp³-hybridized carbons (Fsp3) is 0.412. The van der Waals surface area contributed by atoms with Crippen molar-refractivity contribution >= 4 is 17.7 Å². The van der Waals surface area contributed by atoms with Crippen LogP contribution in [0.2, 0.25) is 0 Å². The quantitative estimate of drug-likeness (QED) is 0.793. The first-order valence-electron chi connectivity index (χ1n) is 7.41. The minimum atomic E-state index is -0.293. The summed E-state index contributed by atoms with van der Waals surface area (Å²) in [6, 6.07) is 10.1. The Morgan fingerprint density at radius 2 is 2.14 bits per heavy atom. The van der Waals surface area contributed by atoms with E-state index in [1.807, 2.05) is 46.7 Å². The van der Waals surface area contributed by atoms with Crippen molar-refractivity contribution in [2.75, 3.05) is 18.1 Å². The van der Waals surface area contributed by atoms with Gasteiger partial charge >= 0.3 is 5.97 Å². The lowest BCUT2D eigenvalue weighted by Gasteiger charge is -2.36. The van der Waals surface area contributed by atoms with Crippen molar-refractivity contribution in [1.29, 1.82) is 0 Å². The van der Waals surface area contributed by atoms with Gasteiger partial charge in [-0.25, -0.2) is 9.78 Å². The number of imidazole rings is 1. The summed E-state index contributed by atoms with van der Waals surface area (Å²) >= 11 is 1.89. The van der Waals surface area contributed by atoms with Crippen LogP contribution in [0.15, 0.2) is 42.9 Å².